The summed E-state index contributed by atoms with van der Waals surface area (Å²) in [4.78, 5) is 12.3. The van der Waals surface area contributed by atoms with Crippen molar-refractivity contribution in [2.24, 2.45) is 0 Å². The third-order valence-electron chi connectivity index (χ3n) is 2.65. The minimum absolute atomic E-state index is 0.191. The van der Waals surface area contributed by atoms with Gasteiger partial charge in [-0.05, 0) is 36.4 Å². The molecule has 0 bridgehead atoms. The maximum atomic E-state index is 12.3. The van der Waals surface area contributed by atoms with Gasteiger partial charge in [0.2, 0.25) is 0 Å². The first-order valence-corrected chi connectivity index (χ1v) is 5.93. The van der Waals surface area contributed by atoms with Crippen LogP contribution in [0.2, 0.25) is 5.02 Å². The monoisotopic (exact) mass is 276 g/mol. The molecule has 4 nitrogen and oxygen atoms in total. The Morgan fingerprint density at radius 2 is 1.68 bits per heavy atom. The smallest absolute Gasteiger partial charge is 0.193 e. The molecule has 2 aromatic carbocycles. The van der Waals surface area contributed by atoms with Gasteiger partial charge in [-0.3, -0.25) is 4.79 Å². The quantitative estimate of drug-likeness (QED) is 0.667. The van der Waals surface area contributed by atoms with Crippen LogP contribution in [0.4, 0.5) is 11.4 Å². The van der Waals surface area contributed by atoms with Crippen LogP contribution in [0.25, 0.3) is 0 Å². The van der Waals surface area contributed by atoms with E-state index in [2.05, 4.69) is 0 Å². The molecule has 0 amide bonds. The number of anilines is 2. The average molecular weight is 277 g/mol. The molecular weight excluding hydrogens is 264 g/mol. The lowest BCUT2D eigenvalue weighted by atomic mass is 10.0. The molecule has 0 aromatic heterocycles. The number of ether oxygens (including phenoxy) is 1. The summed E-state index contributed by atoms with van der Waals surface area (Å²) in [6, 6.07) is 9.60. The Balaban J connectivity index is 2.41. The third kappa shape index (κ3) is 2.80. The molecule has 4 N–H and O–H groups in total. The fourth-order valence-electron chi connectivity index (χ4n) is 1.78. The maximum absolute atomic E-state index is 12.3. The van der Waals surface area contributed by atoms with Crippen LogP contribution in [0.1, 0.15) is 15.9 Å². The number of nitrogens with two attached hydrogens (primary N) is 2. The fraction of sp³-hybridized carbons (Fsp3) is 0.0714. The molecule has 98 valence electrons. The molecule has 0 aliphatic heterocycles. The van der Waals surface area contributed by atoms with E-state index in [4.69, 9.17) is 27.8 Å². The third-order valence-corrected chi connectivity index (χ3v) is 2.95. The molecular formula is C14H13ClN2O2. The SMILES string of the molecule is COc1ccc(C(=O)c2cc(N)cc(N)c2)cc1Cl. The number of halogens is 1. The van der Waals surface area contributed by atoms with Gasteiger partial charge in [0, 0.05) is 22.5 Å². The zero-order valence-corrected chi connectivity index (χ0v) is 11.1. The van der Waals surface area contributed by atoms with Gasteiger partial charge >= 0.3 is 0 Å². The molecule has 0 saturated heterocycles. The number of methoxy groups -OCH3 is 1. The van der Waals surface area contributed by atoms with Gasteiger partial charge in [0.25, 0.3) is 0 Å². The molecule has 19 heavy (non-hydrogen) atoms. The van der Waals surface area contributed by atoms with Crippen molar-refractivity contribution in [1.82, 2.24) is 0 Å². The van der Waals surface area contributed by atoms with Crippen LogP contribution in [0.15, 0.2) is 36.4 Å². The predicted molar refractivity (Wildman–Crippen MR) is 76.7 cm³/mol. The Kier molecular flexibility index (Phi) is 3.62. The Morgan fingerprint density at radius 3 is 2.21 bits per heavy atom. The van der Waals surface area contributed by atoms with E-state index in [1.807, 2.05) is 0 Å². The van der Waals surface area contributed by atoms with E-state index in [1.54, 1.807) is 36.4 Å². The van der Waals surface area contributed by atoms with Crippen molar-refractivity contribution in [3.63, 3.8) is 0 Å². The van der Waals surface area contributed by atoms with Gasteiger partial charge in [-0.1, -0.05) is 11.6 Å². The number of carbonyl (C=O) groups excluding carboxylic acids is 1. The summed E-state index contributed by atoms with van der Waals surface area (Å²) in [5, 5.41) is 0.380. The Bertz CT molecular complexity index is 621. The first-order chi connectivity index (χ1) is 9.01. The van der Waals surface area contributed by atoms with Crippen molar-refractivity contribution >= 4 is 28.8 Å². The highest BCUT2D eigenvalue weighted by atomic mass is 35.5. The molecule has 0 aliphatic rings. The van der Waals surface area contributed by atoms with Crippen molar-refractivity contribution in [3.05, 3.63) is 52.5 Å². The zero-order chi connectivity index (χ0) is 14.0. The van der Waals surface area contributed by atoms with E-state index in [9.17, 15) is 4.79 Å². The molecule has 0 atom stereocenters. The van der Waals surface area contributed by atoms with Crippen LogP contribution >= 0.6 is 11.6 Å². The minimum Gasteiger partial charge on any atom is -0.495 e. The summed E-state index contributed by atoms with van der Waals surface area (Å²) in [6.07, 6.45) is 0. The lowest BCUT2D eigenvalue weighted by molar-refractivity contribution is 0.103. The number of benzene rings is 2. The van der Waals surface area contributed by atoms with Crippen molar-refractivity contribution in [3.8, 4) is 5.75 Å². The van der Waals surface area contributed by atoms with Crippen LogP contribution in [-0.2, 0) is 0 Å². The van der Waals surface area contributed by atoms with Gasteiger partial charge < -0.3 is 16.2 Å². The van der Waals surface area contributed by atoms with E-state index < -0.39 is 0 Å². The molecule has 0 spiro atoms. The Hall–Kier alpha value is -2.20. The average Bonchev–Trinajstić information content (AvgIpc) is 2.36. The van der Waals surface area contributed by atoms with Gasteiger partial charge in [0.1, 0.15) is 5.75 Å². The number of nitrogen functional groups attached to an aromatic ring is 2. The van der Waals surface area contributed by atoms with Gasteiger partial charge in [-0.2, -0.15) is 0 Å². The van der Waals surface area contributed by atoms with E-state index in [-0.39, 0.29) is 5.78 Å². The summed E-state index contributed by atoms with van der Waals surface area (Å²) >= 11 is 6.00. The van der Waals surface area contributed by atoms with E-state index in [1.165, 1.54) is 7.11 Å². The molecule has 0 radical (unpaired) electrons. The Morgan fingerprint density at radius 1 is 1.05 bits per heavy atom. The first-order valence-electron chi connectivity index (χ1n) is 5.55. The van der Waals surface area contributed by atoms with Crippen molar-refractivity contribution < 1.29 is 9.53 Å². The zero-order valence-electron chi connectivity index (χ0n) is 10.3. The molecule has 5 heteroatoms. The summed E-state index contributed by atoms with van der Waals surface area (Å²) in [5.41, 5.74) is 13.1. The predicted octanol–water partition coefficient (Wildman–Crippen LogP) is 2.74. The van der Waals surface area contributed by atoms with E-state index in [0.29, 0.717) is 33.3 Å². The highest BCUT2D eigenvalue weighted by Gasteiger charge is 2.12. The number of rotatable bonds is 3. The highest BCUT2D eigenvalue weighted by Crippen LogP contribution is 2.26. The van der Waals surface area contributed by atoms with Crippen LogP contribution in [0.3, 0.4) is 0 Å². The molecule has 0 heterocycles. The fourth-order valence-corrected chi connectivity index (χ4v) is 2.04. The van der Waals surface area contributed by atoms with E-state index in [0.717, 1.165) is 0 Å². The summed E-state index contributed by atoms with van der Waals surface area (Å²) < 4.78 is 5.04. The molecule has 2 aromatic rings. The van der Waals surface area contributed by atoms with Gasteiger partial charge in [0.05, 0.1) is 12.1 Å². The second-order valence-corrected chi connectivity index (χ2v) is 4.47. The number of carbonyl (C=O) groups is 1. The van der Waals surface area contributed by atoms with Gasteiger partial charge in [-0.25, -0.2) is 0 Å². The van der Waals surface area contributed by atoms with Crippen molar-refractivity contribution in [2.45, 2.75) is 0 Å². The lowest BCUT2D eigenvalue weighted by Crippen LogP contribution is -2.04. The first kappa shape index (κ1) is 13.2. The molecule has 0 unspecified atom stereocenters. The minimum atomic E-state index is -0.191. The highest BCUT2D eigenvalue weighted by molar-refractivity contribution is 6.32. The number of hydrogen-bond acceptors (Lipinski definition) is 4. The standard InChI is InChI=1S/C14H13ClN2O2/c1-19-13-3-2-8(6-12(13)15)14(18)9-4-10(16)7-11(17)5-9/h2-7H,16-17H2,1H3. The normalized spacial score (nSPS) is 10.2. The molecule has 0 saturated carbocycles. The van der Waals surface area contributed by atoms with Crippen LogP contribution in [0, 0.1) is 0 Å². The van der Waals surface area contributed by atoms with E-state index >= 15 is 0 Å². The Labute approximate surface area is 115 Å². The molecule has 0 aliphatic carbocycles. The van der Waals surface area contributed by atoms with Crippen molar-refractivity contribution in [2.75, 3.05) is 18.6 Å². The number of ketones is 1. The largest absolute Gasteiger partial charge is 0.495 e. The lowest BCUT2D eigenvalue weighted by Gasteiger charge is -2.07. The summed E-state index contributed by atoms with van der Waals surface area (Å²) in [7, 11) is 1.52. The molecule has 0 fully saturated rings. The number of hydrogen-bond donors (Lipinski definition) is 2. The van der Waals surface area contributed by atoms with Crippen LogP contribution in [0.5, 0.6) is 5.75 Å². The second kappa shape index (κ2) is 5.20. The summed E-state index contributed by atoms with van der Waals surface area (Å²) in [6.45, 7) is 0. The van der Waals surface area contributed by atoms with Crippen LogP contribution in [-0.4, -0.2) is 12.9 Å². The van der Waals surface area contributed by atoms with Crippen molar-refractivity contribution in [1.29, 1.82) is 0 Å². The maximum Gasteiger partial charge on any atom is 0.193 e. The molecule has 2 rings (SSSR count). The second-order valence-electron chi connectivity index (χ2n) is 4.07. The topological polar surface area (TPSA) is 78.3 Å². The van der Waals surface area contributed by atoms with Gasteiger partial charge in [0.15, 0.2) is 5.78 Å². The van der Waals surface area contributed by atoms with Crippen LogP contribution < -0.4 is 16.2 Å². The summed E-state index contributed by atoms with van der Waals surface area (Å²) in [5.74, 6) is 0.328. The van der Waals surface area contributed by atoms with Gasteiger partial charge in [-0.15, -0.1) is 0 Å².